The number of ether oxygens (including phenoxy) is 3. The minimum absolute atomic E-state index is 0.0563. The minimum Gasteiger partial charge on any atom is -0.488 e. The first-order valence-corrected chi connectivity index (χ1v) is 13.6. The van der Waals surface area contributed by atoms with Crippen molar-refractivity contribution in [3.8, 4) is 17.2 Å². The number of nitrogens with zero attached hydrogens (tertiary/aromatic N) is 2. The van der Waals surface area contributed by atoms with Crippen LogP contribution in [0.5, 0.6) is 17.2 Å². The second-order valence-electron chi connectivity index (χ2n) is 11.0. The van der Waals surface area contributed by atoms with Crippen LogP contribution in [0.1, 0.15) is 32.3 Å². The molecule has 210 valence electrons. The summed E-state index contributed by atoms with van der Waals surface area (Å²) in [4.78, 5) is 30.2. The highest BCUT2D eigenvalue weighted by Crippen LogP contribution is 2.35. The number of hydrogen-bond acceptors (Lipinski definition) is 7. The Hall–Kier alpha value is -3.50. The second-order valence-corrected chi connectivity index (χ2v) is 11.0. The Morgan fingerprint density at radius 3 is 2.49 bits per heavy atom. The molecule has 1 aliphatic carbocycles. The molecule has 1 saturated carbocycles. The van der Waals surface area contributed by atoms with E-state index in [0.29, 0.717) is 40.7 Å². The van der Waals surface area contributed by atoms with Crippen molar-refractivity contribution in [1.29, 1.82) is 0 Å². The number of aliphatic hydroxyl groups excluding tert-OH is 1. The van der Waals surface area contributed by atoms with Crippen molar-refractivity contribution in [1.82, 2.24) is 9.80 Å². The van der Waals surface area contributed by atoms with E-state index in [-0.39, 0.29) is 43.8 Å². The quantitative estimate of drug-likeness (QED) is 0.471. The molecule has 2 aromatic carbocycles. The van der Waals surface area contributed by atoms with Gasteiger partial charge >= 0.3 is 6.03 Å². The van der Waals surface area contributed by atoms with Gasteiger partial charge in [0.25, 0.3) is 0 Å². The van der Waals surface area contributed by atoms with Crippen molar-refractivity contribution in [3.05, 3.63) is 42.0 Å². The van der Waals surface area contributed by atoms with E-state index in [1.165, 1.54) is 12.8 Å². The summed E-state index contributed by atoms with van der Waals surface area (Å²) in [5.41, 5.74) is 1.80. The van der Waals surface area contributed by atoms with Gasteiger partial charge in [0, 0.05) is 48.6 Å². The van der Waals surface area contributed by atoms with E-state index in [2.05, 4.69) is 29.5 Å². The van der Waals surface area contributed by atoms with Gasteiger partial charge in [-0.1, -0.05) is 6.92 Å². The molecule has 3 N–H and O–H groups in total. The molecule has 39 heavy (non-hydrogen) atoms. The Kier molecular flexibility index (Phi) is 8.13. The maximum Gasteiger partial charge on any atom is 0.323 e. The smallest absolute Gasteiger partial charge is 0.323 e. The SMILES string of the molecule is C[C@H]1CN([C@@H](C)CO)C(=O)Cc2cc(NC(=O)Nc3ccc4c(c3)OCO4)ccc2O[C@H]1CN(C)CC1CC1. The highest BCUT2D eigenvalue weighted by Gasteiger charge is 2.32. The summed E-state index contributed by atoms with van der Waals surface area (Å²) in [6, 6.07) is 9.85. The largest absolute Gasteiger partial charge is 0.488 e. The summed E-state index contributed by atoms with van der Waals surface area (Å²) >= 11 is 0. The monoisotopic (exact) mass is 538 g/mol. The maximum absolute atomic E-state index is 13.4. The predicted octanol–water partition coefficient (Wildman–Crippen LogP) is 3.55. The van der Waals surface area contributed by atoms with E-state index in [1.807, 2.05) is 13.0 Å². The number of amides is 3. The molecule has 3 atom stereocenters. The molecule has 2 heterocycles. The third kappa shape index (κ3) is 6.75. The van der Waals surface area contributed by atoms with Gasteiger partial charge in [-0.3, -0.25) is 4.79 Å². The van der Waals surface area contributed by atoms with E-state index in [9.17, 15) is 14.7 Å². The van der Waals surface area contributed by atoms with Crippen LogP contribution in [-0.4, -0.2) is 79.1 Å². The lowest BCUT2D eigenvalue weighted by Crippen LogP contribution is -2.47. The molecule has 0 aromatic heterocycles. The number of carbonyl (C=O) groups is 2. The van der Waals surface area contributed by atoms with Crippen LogP contribution in [0.15, 0.2) is 36.4 Å². The zero-order valence-corrected chi connectivity index (χ0v) is 22.8. The second kappa shape index (κ2) is 11.7. The number of fused-ring (bicyclic) bond motifs is 2. The van der Waals surface area contributed by atoms with E-state index < -0.39 is 6.03 Å². The van der Waals surface area contributed by atoms with Gasteiger partial charge in [0.15, 0.2) is 11.5 Å². The van der Waals surface area contributed by atoms with Crippen molar-refractivity contribution < 1.29 is 28.9 Å². The zero-order valence-electron chi connectivity index (χ0n) is 22.8. The van der Waals surface area contributed by atoms with Crippen LogP contribution >= 0.6 is 0 Å². The summed E-state index contributed by atoms with van der Waals surface area (Å²) < 4.78 is 17.3. The van der Waals surface area contributed by atoms with Crippen LogP contribution in [0.2, 0.25) is 0 Å². The van der Waals surface area contributed by atoms with Crippen molar-refractivity contribution in [3.63, 3.8) is 0 Å². The van der Waals surface area contributed by atoms with Crippen LogP contribution in [0, 0.1) is 11.8 Å². The molecule has 2 aliphatic heterocycles. The summed E-state index contributed by atoms with van der Waals surface area (Å²) in [5, 5.41) is 15.5. The van der Waals surface area contributed by atoms with E-state index in [4.69, 9.17) is 14.2 Å². The fourth-order valence-corrected chi connectivity index (χ4v) is 5.12. The number of benzene rings is 2. The van der Waals surface area contributed by atoms with Crippen LogP contribution in [0.25, 0.3) is 0 Å². The molecule has 10 heteroatoms. The predicted molar refractivity (Wildman–Crippen MR) is 147 cm³/mol. The Balaban J connectivity index is 1.34. The van der Waals surface area contributed by atoms with Crippen molar-refractivity contribution in [2.45, 2.75) is 45.3 Å². The number of likely N-dealkylation sites (N-methyl/N-ethyl adjacent to an activating group) is 1. The topological polar surface area (TPSA) is 113 Å². The first-order valence-electron chi connectivity index (χ1n) is 13.6. The number of urea groups is 1. The Bertz CT molecular complexity index is 1200. The fraction of sp³-hybridized carbons (Fsp3) is 0.517. The average Bonchev–Trinajstić information content (AvgIpc) is 3.58. The lowest BCUT2D eigenvalue weighted by Gasteiger charge is -2.34. The van der Waals surface area contributed by atoms with E-state index in [1.54, 1.807) is 35.2 Å². The molecular weight excluding hydrogens is 500 g/mol. The maximum atomic E-state index is 13.4. The average molecular weight is 539 g/mol. The fourth-order valence-electron chi connectivity index (χ4n) is 5.12. The molecule has 1 fully saturated rings. The molecule has 0 bridgehead atoms. The molecule has 5 rings (SSSR count). The summed E-state index contributed by atoms with van der Waals surface area (Å²) in [5.74, 6) is 2.59. The molecule has 0 radical (unpaired) electrons. The van der Waals surface area contributed by atoms with Gasteiger partial charge in [0.2, 0.25) is 12.7 Å². The van der Waals surface area contributed by atoms with Gasteiger partial charge in [-0.05, 0) is 63.1 Å². The van der Waals surface area contributed by atoms with Crippen LogP contribution in [-0.2, 0) is 11.2 Å². The van der Waals surface area contributed by atoms with Crippen molar-refractivity contribution in [2.75, 3.05) is 50.7 Å². The van der Waals surface area contributed by atoms with Crippen LogP contribution in [0.4, 0.5) is 16.2 Å². The summed E-state index contributed by atoms with van der Waals surface area (Å²) in [6.45, 7) is 6.28. The molecule has 0 saturated heterocycles. The van der Waals surface area contributed by atoms with Gasteiger partial charge in [-0.25, -0.2) is 4.79 Å². The summed E-state index contributed by atoms with van der Waals surface area (Å²) in [6.07, 6.45) is 2.53. The number of carbonyl (C=O) groups excluding carboxylic acids is 2. The normalized spacial score (nSPS) is 21.4. The highest BCUT2D eigenvalue weighted by atomic mass is 16.7. The van der Waals surface area contributed by atoms with Crippen LogP contribution in [0.3, 0.4) is 0 Å². The number of nitrogens with one attached hydrogen (secondary N) is 2. The van der Waals surface area contributed by atoms with Crippen LogP contribution < -0.4 is 24.8 Å². The van der Waals surface area contributed by atoms with Crippen molar-refractivity contribution >= 4 is 23.3 Å². The molecule has 0 spiro atoms. The molecular formula is C29H38N4O6. The van der Waals surface area contributed by atoms with Gasteiger partial charge < -0.3 is 39.8 Å². The molecule has 3 aliphatic rings. The molecule has 10 nitrogen and oxygen atoms in total. The molecule has 2 aromatic rings. The van der Waals surface area contributed by atoms with Gasteiger partial charge in [-0.15, -0.1) is 0 Å². The summed E-state index contributed by atoms with van der Waals surface area (Å²) in [7, 11) is 2.12. The van der Waals surface area contributed by atoms with Gasteiger partial charge in [0.05, 0.1) is 19.1 Å². The van der Waals surface area contributed by atoms with E-state index >= 15 is 0 Å². The minimum atomic E-state index is -0.423. The Labute approximate surface area is 229 Å². The number of aliphatic hydroxyl groups is 1. The highest BCUT2D eigenvalue weighted by molar-refractivity contribution is 6.00. The molecule has 3 amide bonds. The number of hydrogen-bond donors (Lipinski definition) is 3. The third-order valence-electron chi connectivity index (χ3n) is 7.56. The molecule has 0 unspecified atom stereocenters. The first kappa shape index (κ1) is 27.1. The lowest BCUT2D eigenvalue weighted by atomic mass is 10.0. The number of rotatable bonds is 8. The van der Waals surface area contributed by atoms with Gasteiger partial charge in [0.1, 0.15) is 11.9 Å². The first-order chi connectivity index (χ1) is 18.8. The van der Waals surface area contributed by atoms with Crippen molar-refractivity contribution in [2.24, 2.45) is 11.8 Å². The van der Waals surface area contributed by atoms with E-state index in [0.717, 1.165) is 19.0 Å². The Morgan fingerprint density at radius 1 is 1.08 bits per heavy atom. The van der Waals surface area contributed by atoms with Gasteiger partial charge in [-0.2, -0.15) is 0 Å². The lowest BCUT2D eigenvalue weighted by molar-refractivity contribution is -0.134. The Morgan fingerprint density at radius 2 is 1.77 bits per heavy atom. The standard InChI is InChI=1S/C29H38N4O6/c1-18-13-33(19(2)16-34)28(35)11-21-10-22(6-8-24(21)39-27(18)15-32(3)14-20-4-5-20)30-29(36)31-23-7-9-25-26(12-23)38-17-37-25/h6-10,12,18-20,27,34H,4-5,11,13-17H2,1-3H3,(H2,30,31,36)/t18-,19-,27-/m0/s1. The third-order valence-corrected chi connectivity index (χ3v) is 7.56. The number of anilines is 2. The zero-order chi connectivity index (χ0) is 27.5.